The fraction of sp³-hybridized carbons (Fsp3) is 0.333. The van der Waals surface area contributed by atoms with Crippen LogP contribution in [0, 0.1) is 10.1 Å². The molecule has 0 atom stereocenters. The summed E-state index contributed by atoms with van der Waals surface area (Å²) in [5.41, 5.74) is 1.40. The van der Waals surface area contributed by atoms with Crippen LogP contribution in [0.5, 0.6) is 0 Å². The van der Waals surface area contributed by atoms with Gasteiger partial charge in [-0.05, 0) is 42.5 Å². The molecule has 0 unspecified atom stereocenters. The fourth-order valence-electron chi connectivity index (χ4n) is 3.17. The van der Waals surface area contributed by atoms with Crippen LogP contribution in [0.3, 0.4) is 0 Å². The van der Waals surface area contributed by atoms with Gasteiger partial charge in [-0.2, -0.15) is 0 Å². The maximum absolute atomic E-state index is 12.7. The summed E-state index contributed by atoms with van der Waals surface area (Å²) in [6.45, 7) is -0.367. The first-order valence-corrected chi connectivity index (χ1v) is 12.8. The fourth-order valence-corrected chi connectivity index (χ4v) is 3.80. The highest BCUT2D eigenvalue weighted by molar-refractivity contribution is 7.90. The van der Waals surface area contributed by atoms with Crippen molar-refractivity contribution in [2.75, 3.05) is 33.2 Å². The molecule has 0 fully saturated rings. The van der Waals surface area contributed by atoms with E-state index >= 15 is 0 Å². The van der Waals surface area contributed by atoms with Gasteiger partial charge in [0.15, 0.2) is 9.84 Å². The molecule has 11 nitrogen and oxygen atoms in total. The third-order valence-corrected chi connectivity index (χ3v) is 6.05. The smallest absolute Gasteiger partial charge is 0.465 e. The van der Waals surface area contributed by atoms with Gasteiger partial charge in [-0.1, -0.05) is 42.5 Å². The third-order valence-electron chi connectivity index (χ3n) is 4.92. The first kappa shape index (κ1) is 28.3. The lowest BCUT2D eigenvalue weighted by atomic mass is 9.95. The van der Waals surface area contributed by atoms with E-state index in [1.165, 1.54) is 31.4 Å². The molecule has 0 aliphatic carbocycles. The first-order valence-electron chi connectivity index (χ1n) is 10.9. The van der Waals surface area contributed by atoms with Gasteiger partial charge >= 0.3 is 12.1 Å². The number of esters is 1. The predicted molar refractivity (Wildman–Crippen MR) is 129 cm³/mol. The standard InChI is InChI=1S/C24H27NO10S/c1-32-23(26)22(19-9-5-3-6-10-19)21(18-11-13-20(14-12-18)36(2,30)31)17-34-24(27)33-15-7-4-8-16-35-25(28)29/h3,5-6,9-14H,4,7-8,15-17H2,1-2H3. The summed E-state index contributed by atoms with van der Waals surface area (Å²) in [5.74, 6) is -0.669. The molecular weight excluding hydrogens is 494 g/mol. The van der Waals surface area contributed by atoms with Crippen molar-refractivity contribution in [3.05, 3.63) is 75.8 Å². The van der Waals surface area contributed by atoms with E-state index in [0.717, 1.165) is 6.26 Å². The number of unbranched alkanes of at least 4 members (excludes halogenated alkanes) is 2. The number of carbonyl (C=O) groups is 2. The summed E-state index contributed by atoms with van der Waals surface area (Å²) in [6.07, 6.45) is 1.52. The van der Waals surface area contributed by atoms with Crippen molar-refractivity contribution < 1.29 is 42.1 Å². The Labute approximate surface area is 208 Å². The minimum atomic E-state index is -3.44. The second-order valence-corrected chi connectivity index (χ2v) is 9.53. The molecule has 0 spiro atoms. The van der Waals surface area contributed by atoms with E-state index in [4.69, 9.17) is 14.2 Å². The normalized spacial score (nSPS) is 11.7. The molecule has 0 aliphatic rings. The van der Waals surface area contributed by atoms with E-state index in [9.17, 15) is 28.1 Å². The van der Waals surface area contributed by atoms with Crippen molar-refractivity contribution in [3.63, 3.8) is 0 Å². The minimum Gasteiger partial charge on any atom is -0.465 e. The van der Waals surface area contributed by atoms with Crippen molar-refractivity contribution in [2.45, 2.75) is 24.2 Å². The number of methoxy groups -OCH3 is 1. The summed E-state index contributed by atoms with van der Waals surface area (Å²) in [5, 5.41) is 9.24. The average molecular weight is 522 g/mol. The Balaban J connectivity index is 2.21. The Morgan fingerprint density at radius 1 is 0.889 bits per heavy atom. The van der Waals surface area contributed by atoms with Crippen LogP contribution < -0.4 is 0 Å². The zero-order chi connectivity index (χ0) is 26.6. The molecule has 0 saturated heterocycles. The number of sulfone groups is 1. The molecule has 12 heteroatoms. The predicted octanol–water partition coefficient (Wildman–Crippen LogP) is 3.71. The molecule has 0 aliphatic heterocycles. The summed E-state index contributed by atoms with van der Waals surface area (Å²) in [7, 11) is -2.22. The average Bonchev–Trinajstić information content (AvgIpc) is 2.85. The molecule has 36 heavy (non-hydrogen) atoms. The molecule has 2 rings (SSSR count). The number of rotatable bonds is 13. The molecule has 194 valence electrons. The highest BCUT2D eigenvalue weighted by Crippen LogP contribution is 2.29. The van der Waals surface area contributed by atoms with Crippen LogP contribution in [-0.4, -0.2) is 58.8 Å². The van der Waals surface area contributed by atoms with Gasteiger partial charge in [0.2, 0.25) is 0 Å². The summed E-state index contributed by atoms with van der Waals surface area (Å²) < 4.78 is 38.9. The second kappa shape index (κ2) is 13.8. The van der Waals surface area contributed by atoms with E-state index < -0.39 is 27.0 Å². The van der Waals surface area contributed by atoms with E-state index in [2.05, 4.69) is 4.84 Å². The monoisotopic (exact) mass is 521 g/mol. The van der Waals surface area contributed by atoms with E-state index in [1.807, 2.05) is 0 Å². The van der Waals surface area contributed by atoms with Crippen molar-refractivity contribution in [1.29, 1.82) is 0 Å². The Kier molecular flexibility index (Phi) is 10.9. The molecule has 0 aromatic heterocycles. The van der Waals surface area contributed by atoms with Crippen LogP contribution >= 0.6 is 0 Å². The van der Waals surface area contributed by atoms with Crippen molar-refractivity contribution >= 4 is 33.1 Å². The molecular formula is C24H27NO10S. The molecule has 0 saturated carbocycles. The van der Waals surface area contributed by atoms with Gasteiger partial charge in [0.25, 0.3) is 5.09 Å². The van der Waals surface area contributed by atoms with Crippen LogP contribution in [0.15, 0.2) is 59.5 Å². The zero-order valence-corrected chi connectivity index (χ0v) is 20.7. The highest BCUT2D eigenvalue weighted by atomic mass is 32.2. The number of benzene rings is 2. The van der Waals surface area contributed by atoms with Gasteiger partial charge < -0.3 is 19.0 Å². The molecule has 2 aromatic rings. The van der Waals surface area contributed by atoms with Gasteiger partial charge in [0.1, 0.15) is 6.61 Å². The van der Waals surface area contributed by atoms with Crippen molar-refractivity contribution in [1.82, 2.24) is 0 Å². The van der Waals surface area contributed by atoms with Crippen LogP contribution in [-0.2, 0) is 33.7 Å². The lowest BCUT2D eigenvalue weighted by Crippen LogP contribution is -2.14. The largest absolute Gasteiger partial charge is 0.508 e. The van der Waals surface area contributed by atoms with Gasteiger partial charge in [0, 0.05) is 11.8 Å². The molecule has 0 N–H and O–H groups in total. The summed E-state index contributed by atoms with van der Waals surface area (Å²) >= 11 is 0. The Morgan fingerprint density at radius 3 is 2.11 bits per heavy atom. The highest BCUT2D eigenvalue weighted by Gasteiger charge is 2.22. The van der Waals surface area contributed by atoms with E-state index in [-0.39, 0.29) is 30.3 Å². The van der Waals surface area contributed by atoms with Crippen LogP contribution in [0.25, 0.3) is 11.1 Å². The molecule has 0 bridgehead atoms. The van der Waals surface area contributed by atoms with Crippen LogP contribution in [0.4, 0.5) is 4.79 Å². The number of carbonyl (C=O) groups excluding carboxylic acids is 2. The number of nitrogens with zero attached hydrogens (tertiary/aromatic N) is 1. The molecule has 0 heterocycles. The molecule has 0 radical (unpaired) electrons. The van der Waals surface area contributed by atoms with E-state index in [1.54, 1.807) is 30.3 Å². The molecule has 0 amide bonds. The Hall–Kier alpha value is -3.93. The quantitative estimate of drug-likeness (QED) is 0.0953. The lowest BCUT2D eigenvalue weighted by Gasteiger charge is -2.16. The summed E-state index contributed by atoms with van der Waals surface area (Å²) in [4.78, 5) is 39.3. The topological polar surface area (TPSA) is 148 Å². The SMILES string of the molecule is COC(=O)C(=C(COC(=O)OCCCCCO[N+](=O)[O-])c1ccc(S(C)(=O)=O)cc1)c1ccccc1. The van der Waals surface area contributed by atoms with Crippen molar-refractivity contribution in [2.24, 2.45) is 0 Å². The van der Waals surface area contributed by atoms with Crippen molar-refractivity contribution in [3.8, 4) is 0 Å². The lowest BCUT2D eigenvalue weighted by molar-refractivity contribution is -0.757. The zero-order valence-electron chi connectivity index (χ0n) is 19.9. The number of hydrogen-bond acceptors (Lipinski definition) is 10. The number of ether oxygens (including phenoxy) is 3. The minimum absolute atomic E-state index is 0.0297. The van der Waals surface area contributed by atoms with Crippen LogP contribution in [0.1, 0.15) is 30.4 Å². The Morgan fingerprint density at radius 2 is 1.53 bits per heavy atom. The first-order chi connectivity index (χ1) is 17.1. The summed E-state index contributed by atoms with van der Waals surface area (Å²) in [6, 6.07) is 14.4. The van der Waals surface area contributed by atoms with Crippen LogP contribution in [0.2, 0.25) is 0 Å². The van der Waals surface area contributed by atoms with E-state index in [0.29, 0.717) is 36.0 Å². The number of hydrogen-bond donors (Lipinski definition) is 0. The maximum Gasteiger partial charge on any atom is 0.508 e. The third kappa shape index (κ3) is 9.02. The Bertz CT molecular complexity index is 1180. The van der Waals surface area contributed by atoms with Gasteiger partial charge in [-0.25, -0.2) is 18.0 Å². The second-order valence-electron chi connectivity index (χ2n) is 7.51. The molecule has 2 aromatic carbocycles. The van der Waals surface area contributed by atoms with Gasteiger partial charge in [0.05, 0.1) is 30.8 Å². The van der Waals surface area contributed by atoms with Gasteiger partial charge in [-0.15, -0.1) is 10.1 Å². The maximum atomic E-state index is 12.7. The van der Waals surface area contributed by atoms with Gasteiger partial charge in [-0.3, -0.25) is 0 Å².